The number of methoxy groups -OCH3 is 2. The summed E-state index contributed by atoms with van der Waals surface area (Å²) in [6.45, 7) is 0. The minimum absolute atomic E-state index is 0.0354. The molecule has 80 heavy (non-hydrogen) atoms. The maximum Gasteiger partial charge on any atom is 0.323 e. The minimum Gasteiger partial charge on any atom is -0.505 e. The molecule has 1 aromatic heterocycles. The topological polar surface area (TPSA) is 228 Å². The molecule has 23 heteroatoms. The lowest BCUT2D eigenvalue weighted by atomic mass is 10.0. The lowest BCUT2D eigenvalue weighted by Crippen LogP contribution is -2.21. The predicted octanol–water partition coefficient (Wildman–Crippen LogP) is 17.0. The quantitative estimate of drug-likeness (QED) is 0.0500. The number of thiophene rings is 1. The molecule has 0 unspecified atom stereocenters. The van der Waals surface area contributed by atoms with E-state index in [1.807, 2.05) is 97.1 Å². The van der Waals surface area contributed by atoms with E-state index >= 15 is 0 Å². The number of aromatic hydroxyl groups is 2. The molecule has 0 radical (unpaired) electrons. The van der Waals surface area contributed by atoms with Gasteiger partial charge in [0, 0.05) is 21.8 Å². The fourth-order valence-electron chi connectivity index (χ4n) is 7.20. The molecule has 0 aliphatic carbocycles. The number of hydrogen-bond acceptors (Lipinski definition) is 10. The molecule has 16 nitrogen and oxygen atoms in total. The maximum atomic E-state index is 12.6. The van der Waals surface area contributed by atoms with Gasteiger partial charge < -0.3 is 51.6 Å². The van der Waals surface area contributed by atoms with Gasteiger partial charge in [0.1, 0.15) is 31.5 Å². The van der Waals surface area contributed by atoms with E-state index in [-0.39, 0.29) is 52.2 Å². The number of ether oxygens (including phenoxy) is 2. The van der Waals surface area contributed by atoms with E-state index in [0.717, 1.165) is 28.0 Å². The lowest BCUT2D eigenvalue weighted by molar-refractivity contribution is 0.261. The van der Waals surface area contributed by atoms with Gasteiger partial charge in [-0.3, -0.25) is 4.72 Å². The fourth-order valence-corrected chi connectivity index (χ4v) is 11.1. The van der Waals surface area contributed by atoms with Crippen molar-refractivity contribution in [1.29, 1.82) is 0 Å². The number of para-hydroxylation sites is 4. The first-order chi connectivity index (χ1) is 38.4. The molecule has 9 rings (SSSR count). The van der Waals surface area contributed by atoms with Crippen molar-refractivity contribution in [2.24, 2.45) is 0 Å². The molecule has 9 aromatic rings. The molecular formula is C57H46BrCl4N7O9S2. The number of anilines is 7. The van der Waals surface area contributed by atoms with Crippen molar-refractivity contribution in [1.82, 2.24) is 0 Å². The highest BCUT2D eigenvalue weighted by molar-refractivity contribution is 9.10. The average molecular weight is 1260 g/mol. The molecule has 0 aliphatic heterocycles. The molecule has 0 aliphatic rings. The van der Waals surface area contributed by atoms with Crippen molar-refractivity contribution in [2.45, 2.75) is 4.90 Å². The fraction of sp³-hybridized carbons (Fsp3) is 0.0351. The van der Waals surface area contributed by atoms with Gasteiger partial charge in [-0.2, -0.15) is 0 Å². The average Bonchev–Trinajstić information content (AvgIpc) is 3.83. The summed E-state index contributed by atoms with van der Waals surface area (Å²) in [5.74, 6) is 0.747. The molecule has 6 amide bonds. The van der Waals surface area contributed by atoms with Gasteiger partial charge in [-0.15, -0.1) is 11.3 Å². The van der Waals surface area contributed by atoms with E-state index in [0.29, 0.717) is 44.3 Å². The number of nitrogens with one attached hydrogen (secondary N) is 7. The summed E-state index contributed by atoms with van der Waals surface area (Å²) < 4.78 is 39.0. The summed E-state index contributed by atoms with van der Waals surface area (Å²) in [4.78, 5) is 36.7. The molecule has 0 saturated heterocycles. The summed E-state index contributed by atoms with van der Waals surface area (Å²) in [6.07, 6.45) is 0. The second kappa shape index (κ2) is 28.1. The van der Waals surface area contributed by atoms with Crippen LogP contribution in [-0.4, -0.2) is 50.9 Å². The van der Waals surface area contributed by atoms with Crippen LogP contribution < -0.4 is 46.1 Å². The third-order valence-electron chi connectivity index (χ3n) is 11.0. The van der Waals surface area contributed by atoms with Crippen molar-refractivity contribution >= 4 is 142 Å². The lowest BCUT2D eigenvalue weighted by Gasteiger charge is -2.14. The van der Waals surface area contributed by atoms with Crippen LogP contribution in [0.1, 0.15) is 0 Å². The van der Waals surface area contributed by atoms with Crippen LogP contribution in [-0.2, 0) is 10.0 Å². The first-order valence-corrected chi connectivity index (χ1v) is 28.0. The number of halogens is 5. The van der Waals surface area contributed by atoms with Crippen LogP contribution in [0.5, 0.6) is 23.0 Å². The summed E-state index contributed by atoms with van der Waals surface area (Å²) in [7, 11) is -0.978. The van der Waals surface area contributed by atoms with Gasteiger partial charge in [0.25, 0.3) is 10.0 Å². The van der Waals surface area contributed by atoms with Crippen LogP contribution in [0.3, 0.4) is 0 Å². The van der Waals surface area contributed by atoms with Crippen LogP contribution >= 0.6 is 73.7 Å². The zero-order valence-electron chi connectivity index (χ0n) is 41.9. The van der Waals surface area contributed by atoms with E-state index < -0.39 is 28.1 Å². The Hall–Kier alpha value is -8.14. The summed E-state index contributed by atoms with van der Waals surface area (Å²) in [5, 5.41) is 36.5. The number of phenolic OH excluding ortho intramolecular Hbond substituents is 2. The highest BCUT2D eigenvalue weighted by Gasteiger charge is 2.23. The molecule has 0 bridgehead atoms. The normalized spacial score (nSPS) is 10.5. The van der Waals surface area contributed by atoms with Gasteiger partial charge in [-0.1, -0.05) is 156 Å². The number of hydrogen-bond donors (Lipinski definition) is 9. The zero-order valence-corrected chi connectivity index (χ0v) is 48.1. The van der Waals surface area contributed by atoms with E-state index in [1.165, 1.54) is 38.5 Å². The van der Waals surface area contributed by atoms with Crippen LogP contribution in [0.15, 0.2) is 197 Å². The molecule has 9 N–H and O–H groups in total. The van der Waals surface area contributed by atoms with Crippen LogP contribution in [0.4, 0.5) is 54.2 Å². The van der Waals surface area contributed by atoms with Gasteiger partial charge in [0.15, 0.2) is 5.75 Å². The second-order valence-corrected chi connectivity index (χ2v) is 22.0. The number of carbonyl (C=O) groups is 3. The number of benzene rings is 8. The standard InChI is InChI=1S/C25H20N2O2.C17H12BrCl2N3O3S2.C15H14Cl2N2O4/c28-24-22(20-10-5-2-6-11-20)12-7-13-23(24)27-25(29)26-21-16-14-19(15-17-21)18-8-3-1-4-9-18;18-10-5-1-2-6-11(10)21-17(24)22-12-7-3-4-8-13(12)23-28(25,26)14-9-15(19)27-16(14)20;1-22-8-3-5-10(12(7-8)23-2)18-15(21)19-11-6-4-9(16)13(17)14(11)20/h1-17,28H,(H2,26,27,29);1-9,23H,(H2,21,22,24);3-7,20H,1-2H3,(H2,18,19,21). The largest absolute Gasteiger partial charge is 0.505 e. The van der Waals surface area contributed by atoms with E-state index in [1.54, 1.807) is 66.7 Å². The Morgan fingerprint density at radius 1 is 0.500 bits per heavy atom. The van der Waals surface area contributed by atoms with Crippen molar-refractivity contribution in [2.75, 3.05) is 50.8 Å². The summed E-state index contributed by atoms with van der Waals surface area (Å²) in [6, 6.07) is 53.5. The highest BCUT2D eigenvalue weighted by atomic mass is 79.9. The van der Waals surface area contributed by atoms with Gasteiger partial charge in [0.05, 0.1) is 57.7 Å². The Balaban J connectivity index is 0.000000175. The minimum atomic E-state index is -3.98. The van der Waals surface area contributed by atoms with E-state index in [4.69, 9.17) is 55.9 Å². The van der Waals surface area contributed by atoms with Gasteiger partial charge >= 0.3 is 18.1 Å². The van der Waals surface area contributed by atoms with Gasteiger partial charge in [0.2, 0.25) is 0 Å². The second-order valence-electron chi connectivity index (χ2n) is 16.4. The Morgan fingerprint density at radius 2 is 1.01 bits per heavy atom. The van der Waals surface area contributed by atoms with Gasteiger partial charge in [-0.05, 0) is 105 Å². The Bertz CT molecular complexity index is 3760. The third kappa shape index (κ3) is 16.2. The molecule has 0 atom stereocenters. The number of phenols is 2. The number of amides is 6. The summed E-state index contributed by atoms with van der Waals surface area (Å²) >= 11 is 27.7. The highest BCUT2D eigenvalue weighted by Crippen LogP contribution is 2.39. The first kappa shape index (κ1) is 59.5. The Labute approximate surface area is 492 Å². The Kier molecular flexibility index (Phi) is 20.9. The molecule has 1 heterocycles. The zero-order chi connectivity index (χ0) is 57.3. The molecule has 0 spiro atoms. The molecule has 0 saturated carbocycles. The first-order valence-electron chi connectivity index (χ1n) is 23.4. The van der Waals surface area contributed by atoms with Crippen molar-refractivity contribution in [3.05, 3.63) is 211 Å². The van der Waals surface area contributed by atoms with Crippen LogP contribution in [0.25, 0.3) is 22.3 Å². The Morgan fingerprint density at radius 3 is 1.62 bits per heavy atom. The number of carbonyl (C=O) groups excluding carboxylic acids is 3. The predicted molar refractivity (Wildman–Crippen MR) is 327 cm³/mol. The maximum absolute atomic E-state index is 12.6. The van der Waals surface area contributed by atoms with E-state index in [2.05, 4.69) is 52.6 Å². The molecule has 8 aromatic carbocycles. The van der Waals surface area contributed by atoms with Gasteiger partial charge in [-0.25, -0.2) is 22.8 Å². The van der Waals surface area contributed by atoms with Crippen LogP contribution in [0.2, 0.25) is 18.7 Å². The smallest absolute Gasteiger partial charge is 0.323 e. The monoisotopic (exact) mass is 1260 g/mol. The third-order valence-corrected chi connectivity index (χ3v) is 15.7. The van der Waals surface area contributed by atoms with E-state index in [9.17, 15) is 33.0 Å². The summed E-state index contributed by atoms with van der Waals surface area (Å²) in [5.41, 5.74) is 6.34. The molecule has 0 fully saturated rings. The molecular weight excluding hydrogens is 1210 g/mol. The number of rotatable bonds is 13. The van der Waals surface area contributed by atoms with Crippen molar-refractivity contribution in [3.63, 3.8) is 0 Å². The van der Waals surface area contributed by atoms with Crippen LogP contribution in [0, 0.1) is 0 Å². The van der Waals surface area contributed by atoms with Crippen molar-refractivity contribution in [3.8, 4) is 45.3 Å². The number of sulfonamides is 1. The van der Waals surface area contributed by atoms with Crippen molar-refractivity contribution < 1.29 is 42.5 Å². The number of urea groups is 3. The SMILES string of the molecule is COc1ccc(NC(=O)Nc2ccc(Cl)c(Cl)c2O)c(OC)c1.O=C(Nc1ccc(-c2ccccc2)cc1)Nc1cccc(-c2ccccc2)c1O.O=C(Nc1ccccc1Br)Nc1ccccc1NS(=O)(=O)c1cc(Cl)sc1Cl. The molecule has 410 valence electrons.